The zero-order chi connectivity index (χ0) is 11.4. The normalized spacial score (nSPS) is 19.2. The molecule has 0 heterocycles. The van der Waals surface area contributed by atoms with Gasteiger partial charge in [0.1, 0.15) is 0 Å². The van der Waals surface area contributed by atoms with Crippen LogP contribution < -0.4 is 5.32 Å². The fourth-order valence-corrected chi connectivity index (χ4v) is 1.93. The van der Waals surface area contributed by atoms with Crippen molar-refractivity contribution in [3.8, 4) is 0 Å². The molecule has 0 saturated heterocycles. The van der Waals surface area contributed by atoms with Crippen LogP contribution in [0.4, 0.5) is 0 Å². The van der Waals surface area contributed by atoms with Crippen molar-refractivity contribution in [2.45, 2.75) is 65.6 Å². The zero-order valence-electron chi connectivity index (χ0n) is 11.1. The Labute approximate surface area is 95.4 Å². The number of hydrogen-bond acceptors (Lipinski definition) is 2. The average molecular weight is 212 g/mol. The third-order valence-electron chi connectivity index (χ3n) is 3.52. The summed E-state index contributed by atoms with van der Waals surface area (Å²) in [7, 11) is 0. The molecule has 2 nitrogen and oxygen atoms in total. The SMILES string of the molecule is CC(C)C(C)NCCN(C(C)C)C1CC1. The standard InChI is InChI=1S/C13H28N2/c1-10(2)12(5)14-8-9-15(11(3)4)13-6-7-13/h10-14H,6-9H2,1-5H3. The average Bonchev–Trinajstić information content (AvgIpc) is 2.94. The Hall–Kier alpha value is -0.0800. The third-order valence-corrected chi connectivity index (χ3v) is 3.52. The van der Waals surface area contributed by atoms with Crippen molar-refractivity contribution in [2.75, 3.05) is 13.1 Å². The van der Waals surface area contributed by atoms with Gasteiger partial charge in [0.25, 0.3) is 0 Å². The lowest BCUT2D eigenvalue weighted by Gasteiger charge is -2.27. The second-order valence-corrected chi connectivity index (χ2v) is 5.55. The molecule has 1 aliphatic rings. The molecule has 1 fully saturated rings. The Bertz CT molecular complexity index is 171. The quantitative estimate of drug-likeness (QED) is 0.697. The second kappa shape index (κ2) is 5.86. The lowest BCUT2D eigenvalue weighted by Crippen LogP contribution is -2.41. The molecule has 0 aromatic carbocycles. The van der Waals surface area contributed by atoms with Gasteiger partial charge in [0.15, 0.2) is 0 Å². The van der Waals surface area contributed by atoms with Crippen LogP contribution in [0.15, 0.2) is 0 Å². The Morgan fingerprint density at radius 3 is 2.13 bits per heavy atom. The van der Waals surface area contributed by atoms with Crippen molar-refractivity contribution in [3.05, 3.63) is 0 Å². The van der Waals surface area contributed by atoms with E-state index in [-0.39, 0.29) is 0 Å². The van der Waals surface area contributed by atoms with Gasteiger partial charge < -0.3 is 5.32 Å². The van der Waals surface area contributed by atoms with Gasteiger partial charge in [-0.05, 0) is 39.5 Å². The molecule has 1 N–H and O–H groups in total. The molecule has 0 aliphatic heterocycles. The van der Waals surface area contributed by atoms with Gasteiger partial charge in [0.05, 0.1) is 0 Å². The van der Waals surface area contributed by atoms with Crippen molar-refractivity contribution < 1.29 is 0 Å². The van der Waals surface area contributed by atoms with Crippen LogP contribution in [0.1, 0.15) is 47.5 Å². The highest BCUT2D eigenvalue weighted by atomic mass is 15.2. The summed E-state index contributed by atoms with van der Waals surface area (Å²) < 4.78 is 0. The van der Waals surface area contributed by atoms with Crippen LogP contribution in [-0.4, -0.2) is 36.1 Å². The van der Waals surface area contributed by atoms with Crippen LogP contribution in [0, 0.1) is 5.92 Å². The molecule has 1 rings (SSSR count). The van der Waals surface area contributed by atoms with Gasteiger partial charge in [0, 0.05) is 31.2 Å². The summed E-state index contributed by atoms with van der Waals surface area (Å²) >= 11 is 0. The smallest absolute Gasteiger partial charge is 0.0113 e. The summed E-state index contributed by atoms with van der Waals surface area (Å²) in [5, 5.41) is 3.61. The van der Waals surface area contributed by atoms with E-state index in [0.29, 0.717) is 12.1 Å². The maximum atomic E-state index is 3.61. The molecule has 1 unspecified atom stereocenters. The monoisotopic (exact) mass is 212 g/mol. The van der Waals surface area contributed by atoms with Crippen molar-refractivity contribution in [1.29, 1.82) is 0 Å². The predicted octanol–water partition coefficient (Wildman–Crippen LogP) is 2.49. The van der Waals surface area contributed by atoms with E-state index in [4.69, 9.17) is 0 Å². The van der Waals surface area contributed by atoms with E-state index in [0.717, 1.165) is 18.5 Å². The number of nitrogens with zero attached hydrogens (tertiary/aromatic N) is 1. The maximum absolute atomic E-state index is 3.61. The minimum absolute atomic E-state index is 0.637. The van der Waals surface area contributed by atoms with E-state index in [9.17, 15) is 0 Å². The second-order valence-electron chi connectivity index (χ2n) is 5.55. The Morgan fingerprint density at radius 1 is 1.13 bits per heavy atom. The summed E-state index contributed by atoms with van der Waals surface area (Å²) in [6, 6.07) is 2.23. The molecule has 0 bridgehead atoms. The summed E-state index contributed by atoms with van der Waals surface area (Å²) in [4.78, 5) is 2.64. The Kier molecular flexibility index (Phi) is 5.07. The van der Waals surface area contributed by atoms with Gasteiger partial charge in [-0.1, -0.05) is 13.8 Å². The lowest BCUT2D eigenvalue weighted by atomic mass is 10.1. The number of nitrogens with one attached hydrogen (secondary N) is 1. The third kappa shape index (κ3) is 4.52. The summed E-state index contributed by atoms with van der Waals surface area (Å²) in [6.45, 7) is 13.8. The van der Waals surface area contributed by atoms with E-state index in [1.807, 2.05) is 0 Å². The Balaban J connectivity index is 2.16. The van der Waals surface area contributed by atoms with Crippen molar-refractivity contribution >= 4 is 0 Å². The highest BCUT2D eigenvalue weighted by Gasteiger charge is 2.30. The summed E-state index contributed by atoms with van der Waals surface area (Å²) in [6.07, 6.45) is 2.83. The zero-order valence-corrected chi connectivity index (χ0v) is 11.1. The molecule has 0 aromatic rings. The van der Waals surface area contributed by atoms with E-state index in [1.165, 1.54) is 19.4 Å². The van der Waals surface area contributed by atoms with Gasteiger partial charge in [-0.15, -0.1) is 0 Å². The Morgan fingerprint density at radius 2 is 1.73 bits per heavy atom. The maximum Gasteiger partial charge on any atom is 0.0113 e. The first-order valence-corrected chi connectivity index (χ1v) is 6.51. The van der Waals surface area contributed by atoms with Crippen molar-refractivity contribution in [1.82, 2.24) is 10.2 Å². The fourth-order valence-electron chi connectivity index (χ4n) is 1.93. The topological polar surface area (TPSA) is 15.3 Å². The largest absolute Gasteiger partial charge is 0.313 e. The number of hydrogen-bond donors (Lipinski definition) is 1. The first-order chi connectivity index (χ1) is 7.02. The molecule has 0 amide bonds. The van der Waals surface area contributed by atoms with Crippen molar-refractivity contribution in [3.63, 3.8) is 0 Å². The molecule has 0 radical (unpaired) electrons. The van der Waals surface area contributed by atoms with Crippen LogP contribution in [0.3, 0.4) is 0 Å². The first-order valence-electron chi connectivity index (χ1n) is 6.51. The highest BCUT2D eigenvalue weighted by molar-refractivity contribution is 4.86. The molecular weight excluding hydrogens is 184 g/mol. The lowest BCUT2D eigenvalue weighted by molar-refractivity contribution is 0.207. The highest BCUT2D eigenvalue weighted by Crippen LogP contribution is 2.27. The summed E-state index contributed by atoms with van der Waals surface area (Å²) in [5.41, 5.74) is 0. The van der Waals surface area contributed by atoms with Crippen LogP contribution >= 0.6 is 0 Å². The van der Waals surface area contributed by atoms with Gasteiger partial charge in [-0.3, -0.25) is 4.90 Å². The summed E-state index contributed by atoms with van der Waals surface area (Å²) in [5.74, 6) is 0.735. The van der Waals surface area contributed by atoms with Gasteiger partial charge in [-0.2, -0.15) is 0 Å². The molecular formula is C13H28N2. The van der Waals surface area contributed by atoms with Crippen LogP contribution in [0.25, 0.3) is 0 Å². The van der Waals surface area contributed by atoms with Gasteiger partial charge >= 0.3 is 0 Å². The molecule has 15 heavy (non-hydrogen) atoms. The molecule has 2 heteroatoms. The van der Waals surface area contributed by atoms with E-state index < -0.39 is 0 Å². The fraction of sp³-hybridized carbons (Fsp3) is 1.00. The van der Waals surface area contributed by atoms with Crippen molar-refractivity contribution in [2.24, 2.45) is 5.92 Å². The molecule has 0 spiro atoms. The van der Waals surface area contributed by atoms with E-state index >= 15 is 0 Å². The van der Waals surface area contributed by atoms with Gasteiger partial charge in [0.2, 0.25) is 0 Å². The minimum atomic E-state index is 0.637. The molecule has 1 atom stereocenters. The van der Waals surface area contributed by atoms with E-state index in [2.05, 4.69) is 44.8 Å². The first kappa shape index (κ1) is 13.0. The molecule has 0 aromatic heterocycles. The van der Waals surface area contributed by atoms with Crippen LogP contribution in [-0.2, 0) is 0 Å². The predicted molar refractivity (Wildman–Crippen MR) is 67.2 cm³/mol. The van der Waals surface area contributed by atoms with Crippen LogP contribution in [0.5, 0.6) is 0 Å². The molecule has 90 valence electrons. The van der Waals surface area contributed by atoms with E-state index in [1.54, 1.807) is 0 Å². The van der Waals surface area contributed by atoms with Gasteiger partial charge in [-0.25, -0.2) is 0 Å². The molecule has 1 aliphatic carbocycles. The van der Waals surface area contributed by atoms with Crippen LogP contribution in [0.2, 0.25) is 0 Å². The minimum Gasteiger partial charge on any atom is -0.313 e. The molecule has 1 saturated carbocycles. The number of rotatable bonds is 7.